The van der Waals surface area contributed by atoms with Crippen molar-refractivity contribution in [2.24, 2.45) is 5.92 Å². The highest BCUT2D eigenvalue weighted by Gasteiger charge is 2.24. The molecule has 188 valence electrons. The van der Waals surface area contributed by atoms with Gasteiger partial charge in [-0.3, -0.25) is 4.79 Å². The van der Waals surface area contributed by atoms with Gasteiger partial charge in [0, 0.05) is 5.56 Å². The summed E-state index contributed by atoms with van der Waals surface area (Å²) in [6.45, 7) is 15.8. The Bertz CT molecular complexity index is 883. The molecule has 0 aliphatic rings. The lowest BCUT2D eigenvalue weighted by Gasteiger charge is -2.28. The van der Waals surface area contributed by atoms with E-state index in [0.717, 1.165) is 31.3 Å². The van der Waals surface area contributed by atoms with Crippen LogP contribution in [0.15, 0.2) is 66.8 Å². The number of esters is 1. The van der Waals surface area contributed by atoms with E-state index < -0.39 is 17.7 Å². The predicted molar refractivity (Wildman–Crippen MR) is 139 cm³/mol. The number of ether oxygens (including phenoxy) is 2. The number of carbonyl (C=O) groups is 1. The molecule has 0 saturated heterocycles. The molecule has 5 nitrogen and oxygen atoms in total. The fraction of sp³-hybridized carbons (Fsp3) is 0.483. The Hall–Kier alpha value is -2.79. The van der Waals surface area contributed by atoms with Gasteiger partial charge < -0.3 is 19.7 Å². The van der Waals surface area contributed by atoms with Crippen molar-refractivity contribution in [1.82, 2.24) is 0 Å². The lowest BCUT2D eigenvalue weighted by Crippen LogP contribution is -2.30. The molecule has 0 saturated carbocycles. The summed E-state index contributed by atoms with van der Waals surface area (Å²) in [6.07, 6.45) is 11.7. The maximum absolute atomic E-state index is 11.7. The molecule has 3 unspecified atom stereocenters. The molecule has 1 aromatic carbocycles. The Morgan fingerprint density at radius 3 is 2.62 bits per heavy atom. The van der Waals surface area contributed by atoms with Crippen LogP contribution in [0.2, 0.25) is 0 Å². The SMILES string of the molecule is C=CC(C)(CCC=C(C)CCCC(C)C(O)C=CC(=C)C)Oc1ccc(O)cc1CC(=O)OC. The lowest BCUT2D eigenvalue weighted by atomic mass is 9.95. The molecule has 0 fully saturated rings. The molecule has 2 N–H and O–H groups in total. The van der Waals surface area contributed by atoms with E-state index in [1.165, 1.54) is 24.8 Å². The van der Waals surface area contributed by atoms with Gasteiger partial charge in [0.2, 0.25) is 0 Å². The number of benzene rings is 1. The predicted octanol–water partition coefficient (Wildman–Crippen LogP) is 6.46. The van der Waals surface area contributed by atoms with Crippen molar-refractivity contribution in [1.29, 1.82) is 0 Å². The van der Waals surface area contributed by atoms with Gasteiger partial charge in [0.25, 0.3) is 0 Å². The quantitative estimate of drug-likeness (QED) is 0.175. The summed E-state index contributed by atoms with van der Waals surface area (Å²) in [5.41, 5.74) is 2.18. The fourth-order valence-corrected chi connectivity index (χ4v) is 3.51. The summed E-state index contributed by atoms with van der Waals surface area (Å²) >= 11 is 0. The maximum atomic E-state index is 11.7. The number of rotatable bonds is 15. The van der Waals surface area contributed by atoms with Crippen LogP contribution >= 0.6 is 0 Å². The second kappa shape index (κ2) is 14.5. The van der Waals surface area contributed by atoms with E-state index >= 15 is 0 Å². The Morgan fingerprint density at radius 1 is 1.29 bits per heavy atom. The van der Waals surface area contributed by atoms with Gasteiger partial charge in [-0.1, -0.05) is 49.5 Å². The molecule has 1 aromatic rings. The molecule has 0 amide bonds. The lowest BCUT2D eigenvalue weighted by molar-refractivity contribution is -0.139. The van der Waals surface area contributed by atoms with E-state index in [-0.39, 0.29) is 18.1 Å². The average Bonchev–Trinajstić information content (AvgIpc) is 2.79. The van der Waals surface area contributed by atoms with Crippen LogP contribution < -0.4 is 4.74 Å². The summed E-state index contributed by atoms with van der Waals surface area (Å²) < 4.78 is 11.0. The maximum Gasteiger partial charge on any atom is 0.310 e. The second-order valence-electron chi connectivity index (χ2n) is 9.32. The molecule has 0 radical (unpaired) electrons. The van der Waals surface area contributed by atoms with E-state index in [0.29, 0.717) is 17.7 Å². The molecule has 0 bridgehead atoms. The van der Waals surface area contributed by atoms with Crippen molar-refractivity contribution in [3.05, 3.63) is 72.4 Å². The van der Waals surface area contributed by atoms with Crippen LogP contribution in [0.4, 0.5) is 0 Å². The van der Waals surface area contributed by atoms with Gasteiger partial charge in [-0.05, 0) is 83.1 Å². The summed E-state index contributed by atoms with van der Waals surface area (Å²) in [5.74, 6) is 0.395. The van der Waals surface area contributed by atoms with Gasteiger partial charge in [0.15, 0.2) is 0 Å². The van der Waals surface area contributed by atoms with Gasteiger partial charge in [0.05, 0.1) is 19.6 Å². The summed E-state index contributed by atoms with van der Waals surface area (Å²) in [6, 6.07) is 4.72. The van der Waals surface area contributed by atoms with E-state index in [4.69, 9.17) is 9.47 Å². The first-order chi connectivity index (χ1) is 16.0. The monoisotopic (exact) mass is 470 g/mol. The number of aromatic hydroxyl groups is 1. The number of allylic oxidation sites excluding steroid dienone is 4. The molecule has 3 atom stereocenters. The molecule has 34 heavy (non-hydrogen) atoms. The van der Waals surface area contributed by atoms with E-state index in [1.54, 1.807) is 12.1 Å². The zero-order valence-corrected chi connectivity index (χ0v) is 21.5. The number of methoxy groups -OCH3 is 1. The molecule has 0 aromatic heterocycles. The topological polar surface area (TPSA) is 76.0 Å². The van der Waals surface area contributed by atoms with Crippen molar-refractivity contribution in [3.8, 4) is 11.5 Å². The molecular weight excluding hydrogens is 428 g/mol. The van der Waals surface area contributed by atoms with Gasteiger partial charge in [-0.15, -0.1) is 0 Å². The van der Waals surface area contributed by atoms with Crippen molar-refractivity contribution in [3.63, 3.8) is 0 Å². The molecule has 0 spiro atoms. The molecule has 0 heterocycles. The number of hydrogen-bond donors (Lipinski definition) is 2. The number of carbonyl (C=O) groups excluding carboxylic acids is 1. The first-order valence-electron chi connectivity index (χ1n) is 11.9. The van der Waals surface area contributed by atoms with E-state index in [1.807, 2.05) is 26.0 Å². The minimum atomic E-state index is -0.632. The van der Waals surface area contributed by atoms with Crippen LogP contribution in [-0.4, -0.2) is 35.0 Å². The van der Waals surface area contributed by atoms with Gasteiger partial charge in [0.1, 0.15) is 17.1 Å². The third kappa shape index (κ3) is 10.9. The second-order valence-corrected chi connectivity index (χ2v) is 9.32. The van der Waals surface area contributed by atoms with Crippen LogP contribution in [0, 0.1) is 5.92 Å². The highest BCUT2D eigenvalue weighted by molar-refractivity contribution is 5.73. The first-order valence-corrected chi connectivity index (χ1v) is 11.9. The Kier molecular flexibility index (Phi) is 12.4. The normalized spacial score (nSPS) is 15.4. The molecule has 0 aliphatic carbocycles. The number of aliphatic hydroxyl groups excluding tert-OH is 1. The minimum absolute atomic E-state index is 0.0164. The van der Waals surface area contributed by atoms with E-state index in [9.17, 15) is 15.0 Å². The van der Waals surface area contributed by atoms with Gasteiger partial charge in [-0.2, -0.15) is 0 Å². The standard InChI is InChI=1S/C29H42O5/c1-8-29(6,34-27-17-15-25(30)19-24(27)20-28(32)33-7)18-10-12-22(4)11-9-13-23(5)26(31)16-14-21(2)3/h8,12,14-17,19,23,26,30-31H,1-2,9-11,13,18,20H2,3-7H3. The largest absolute Gasteiger partial charge is 0.508 e. The Morgan fingerprint density at radius 2 is 2.00 bits per heavy atom. The van der Waals surface area contributed by atoms with Crippen LogP contribution in [0.25, 0.3) is 0 Å². The number of hydrogen-bond acceptors (Lipinski definition) is 5. The summed E-state index contributed by atoms with van der Waals surface area (Å²) in [7, 11) is 1.33. The highest BCUT2D eigenvalue weighted by Crippen LogP contribution is 2.30. The number of phenols is 1. The summed E-state index contributed by atoms with van der Waals surface area (Å²) in [4.78, 5) is 11.7. The van der Waals surface area contributed by atoms with Crippen molar-refractivity contribution in [2.75, 3.05) is 7.11 Å². The first kappa shape index (κ1) is 29.2. The van der Waals surface area contributed by atoms with Crippen LogP contribution in [0.3, 0.4) is 0 Å². The fourth-order valence-electron chi connectivity index (χ4n) is 3.51. The third-order valence-electron chi connectivity index (χ3n) is 5.91. The zero-order valence-electron chi connectivity index (χ0n) is 21.5. The van der Waals surface area contributed by atoms with Crippen LogP contribution in [0.5, 0.6) is 11.5 Å². The van der Waals surface area contributed by atoms with Crippen molar-refractivity contribution < 1.29 is 24.5 Å². The highest BCUT2D eigenvalue weighted by atomic mass is 16.5. The minimum Gasteiger partial charge on any atom is -0.508 e. The van der Waals surface area contributed by atoms with Crippen molar-refractivity contribution in [2.45, 2.75) is 77.9 Å². The Labute approximate surface area is 205 Å². The van der Waals surface area contributed by atoms with Gasteiger partial charge >= 0.3 is 5.97 Å². The van der Waals surface area contributed by atoms with Gasteiger partial charge in [-0.25, -0.2) is 0 Å². The van der Waals surface area contributed by atoms with Crippen LogP contribution in [0.1, 0.15) is 65.4 Å². The molecule has 5 heteroatoms. The van der Waals surface area contributed by atoms with Crippen LogP contribution in [-0.2, 0) is 16.0 Å². The third-order valence-corrected chi connectivity index (χ3v) is 5.91. The molecular formula is C29H42O5. The Balaban J connectivity index is 2.64. The van der Waals surface area contributed by atoms with Crippen molar-refractivity contribution >= 4 is 5.97 Å². The van der Waals surface area contributed by atoms with E-state index in [2.05, 4.69) is 33.1 Å². The number of phenolic OH excluding ortho intramolecular Hbond substituents is 1. The zero-order chi connectivity index (χ0) is 25.7. The average molecular weight is 471 g/mol. The molecule has 0 aliphatic heterocycles. The molecule has 1 rings (SSSR count). The smallest absolute Gasteiger partial charge is 0.310 e. The number of aliphatic hydroxyl groups is 1. The summed E-state index contributed by atoms with van der Waals surface area (Å²) in [5, 5.41) is 20.0.